The number of carbonyl (C=O) groups excluding carboxylic acids is 1. The number of carbonyl (C=O) groups is 1. The van der Waals surface area contributed by atoms with Crippen LogP contribution >= 0.6 is 11.3 Å². The number of hydrogen-bond donors (Lipinski definition) is 1. The molecular weight excluding hydrogens is 404 g/mol. The predicted octanol–water partition coefficient (Wildman–Crippen LogP) is 4.20. The van der Waals surface area contributed by atoms with E-state index < -0.39 is 10.0 Å². The summed E-state index contributed by atoms with van der Waals surface area (Å²) in [6, 6.07) is 19.7. The molecule has 2 aromatic carbocycles. The number of hydrogen-bond acceptors (Lipinski definition) is 4. The normalized spacial score (nSPS) is 16.8. The quantitative estimate of drug-likeness (QED) is 0.642. The van der Waals surface area contributed by atoms with Gasteiger partial charge in [0.2, 0.25) is 10.0 Å². The Kier molecular flexibility index (Phi) is 5.80. The average Bonchev–Trinajstić information content (AvgIpc) is 3.44. The third-order valence-electron chi connectivity index (χ3n) is 5.09. The van der Waals surface area contributed by atoms with Crippen LogP contribution in [-0.2, 0) is 16.6 Å². The first-order chi connectivity index (χ1) is 14.0. The number of rotatable bonds is 6. The van der Waals surface area contributed by atoms with Gasteiger partial charge >= 0.3 is 0 Å². The summed E-state index contributed by atoms with van der Waals surface area (Å²) < 4.78 is 28.0. The van der Waals surface area contributed by atoms with Gasteiger partial charge in [-0.15, -0.1) is 11.3 Å². The number of benzene rings is 2. The molecule has 150 valence electrons. The van der Waals surface area contributed by atoms with Crippen LogP contribution in [0, 0.1) is 0 Å². The largest absolute Gasteiger partial charge is 0.331 e. The molecule has 1 N–H and O–H groups in total. The van der Waals surface area contributed by atoms with E-state index in [1.165, 1.54) is 17.0 Å². The van der Waals surface area contributed by atoms with Gasteiger partial charge in [0.15, 0.2) is 0 Å². The molecule has 1 saturated heterocycles. The fourth-order valence-corrected chi connectivity index (χ4v) is 5.54. The third kappa shape index (κ3) is 4.42. The van der Waals surface area contributed by atoms with Gasteiger partial charge in [0.05, 0.1) is 10.9 Å². The van der Waals surface area contributed by atoms with Crippen LogP contribution in [0.25, 0.3) is 0 Å². The van der Waals surface area contributed by atoms with Crippen LogP contribution < -0.4 is 4.72 Å². The van der Waals surface area contributed by atoms with E-state index in [9.17, 15) is 13.2 Å². The Morgan fingerprint density at radius 1 is 1.07 bits per heavy atom. The first-order valence-corrected chi connectivity index (χ1v) is 11.9. The zero-order chi connectivity index (χ0) is 20.3. The summed E-state index contributed by atoms with van der Waals surface area (Å²) in [4.78, 5) is 16.3. The molecule has 1 atom stereocenters. The van der Waals surface area contributed by atoms with Crippen molar-refractivity contribution in [2.75, 3.05) is 6.54 Å². The Morgan fingerprint density at radius 2 is 1.90 bits per heavy atom. The molecular formula is C22H22N2O3S2. The van der Waals surface area contributed by atoms with Gasteiger partial charge < -0.3 is 4.90 Å². The molecule has 0 bridgehead atoms. The smallest absolute Gasteiger partial charge is 0.254 e. The molecule has 0 saturated carbocycles. The van der Waals surface area contributed by atoms with Crippen LogP contribution in [-0.4, -0.2) is 25.8 Å². The first-order valence-electron chi connectivity index (χ1n) is 9.52. The summed E-state index contributed by atoms with van der Waals surface area (Å²) >= 11 is 1.65. The minimum absolute atomic E-state index is 0.0685. The molecule has 0 spiro atoms. The van der Waals surface area contributed by atoms with Crippen LogP contribution in [0.5, 0.6) is 0 Å². The highest BCUT2D eigenvalue weighted by Gasteiger charge is 2.31. The van der Waals surface area contributed by atoms with Crippen molar-refractivity contribution in [3.05, 3.63) is 88.1 Å². The highest BCUT2D eigenvalue weighted by atomic mass is 32.2. The minimum atomic E-state index is -3.71. The van der Waals surface area contributed by atoms with Crippen molar-refractivity contribution < 1.29 is 13.2 Å². The first kappa shape index (κ1) is 19.8. The number of sulfonamides is 1. The maximum absolute atomic E-state index is 13.1. The van der Waals surface area contributed by atoms with E-state index in [2.05, 4.69) is 10.8 Å². The molecule has 5 nitrogen and oxygen atoms in total. The van der Waals surface area contributed by atoms with E-state index in [1.807, 2.05) is 46.7 Å². The lowest BCUT2D eigenvalue weighted by molar-refractivity contribution is 0.0737. The number of thiophene rings is 1. The molecule has 1 aliphatic heterocycles. The van der Waals surface area contributed by atoms with Crippen molar-refractivity contribution in [1.82, 2.24) is 9.62 Å². The van der Waals surface area contributed by atoms with E-state index >= 15 is 0 Å². The Balaban J connectivity index is 1.52. The van der Waals surface area contributed by atoms with Gasteiger partial charge in [-0.1, -0.05) is 42.5 Å². The summed E-state index contributed by atoms with van der Waals surface area (Å²) in [6.45, 7) is 0.887. The van der Waals surface area contributed by atoms with Crippen molar-refractivity contribution in [3.63, 3.8) is 0 Å². The van der Waals surface area contributed by atoms with E-state index in [4.69, 9.17) is 0 Å². The molecule has 0 aliphatic carbocycles. The van der Waals surface area contributed by atoms with Crippen LogP contribution in [0.2, 0.25) is 0 Å². The molecule has 1 aromatic heterocycles. The minimum Gasteiger partial charge on any atom is -0.331 e. The number of likely N-dealkylation sites (tertiary alicyclic amines) is 1. The van der Waals surface area contributed by atoms with Gasteiger partial charge in [-0.05, 0) is 48.1 Å². The Hall–Kier alpha value is -2.48. The lowest BCUT2D eigenvalue weighted by atomic mass is 10.1. The highest BCUT2D eigenvalue weighted by Crippen LogP contribution is 2.35. The topological polar surface area (TPSA) is 66.5 Å². The monoisotopic (exact) mass is 426 g/mol. The van der Waals surface area contributed by atoms with Crippen LogP contribution in [0.1, 0.15) is 39.7 Å². The zero-order valence-corrected chi connectivity index (χ0v) is 17.5. The Bertz CT molecular complexity index is 1080. The van der Waals surface area contributed by atoms with Gasteiger partial charge in [-0.25, -0.2) is 13.1 Å². The molecule has 1 aliphatic rings. The number of nitrogens with one attached hydrogen (secondary N) is 1. The molecule has 29 heavy (non-hydrogen) atoms. The van der Waals surface area contributed by atoms with Gasteiger partial charge in [0, 0.05) is 23.5 Å². The zero-order valence-electron chi connectivity index (χ0n) is 15.8. The highest BCUT2D eigenvalue weighted by molar-refractivity contribution is 7.89. The molecule has 1 unspecified atom stereocenters. The second-order valence-electron chi connectivity index (χ2n) is 7.01. The fourth-order valence-electron chi connectivity index (χ4n) is 3.61. The van der Waals surface area contributed by atoms with Crippen LogP contribution in [0.15, 0.2) is 77.0 Å². The van der Waals surface area contributed by atoms with Crippen molar-refractivity contribution in [2.24, 2.45) is 0 Å². The van der Waals surface area contributed by atoms with Crippen LogP contribution in [0.4, 0.5) is 0 Å². The molecule has 7 heteroatoms. The van der Waals surface area contributed by atoms with Crippen LogP contribution in [0.3, 0.4) is 0 Å². The van der Waals surface area contributed by atoms with Gasteiger partial charge in [0.1, 0.15) is 0 Å². The average molecular weight is 427 g/mol. The Morgan fingerprint density at radius 3 is 2.66 bits per heavy atom. The standard InChI is InChI=1S/C22H22N2O3S2/c25-22(24-13-5-11-20(24)21-12-6-14-28-21)18-9-4-10-19(15-18)29(26,27)23-16-17-7-2-1-3-8-17/h1-4,6-10,12,14-15,20,23H,5,11,13,16H2. The lowest BCUT2D eigenvalue weighted by Crippen LogP contribution is -2.30. The summed E-state index contributed by atoms with van der Waals surface area (Å²) in [5, 5.41) is 2.02. The molecule has 4 rings (SSSR count). The number of nitrogens with zero attached hydrogens (tertiary/aromatic N) is 1. The summed E-state index contributed by atoms with van der Waals surface area (Å²) in [6.07, 6.45) is 1.88. The van der Waals surface area contributed by atoms with Crippen molar-refractivity contribution in [3.8, 4) is 0 Å². The van der Waals surface area contributed by atoms with Crippen molar-refractivity contribution in [2.45, 2.75) is 30.3 Å². The van der Waals surface area contributed by atoms with E-state index in [0.29, 0.717) is 12.1 Å². The molecule has 1 amide bonds. The van der Waals surface area contributed by atoms with E-state index in [-0.39, 0.29) is 23.4 Å². The van der Waals surface area contributed by atoms with E-state index in [0.717, 1.165) is 18.4 Å². The molecule has 2 heterocycles. The van der Waals surface area contributed by atoms with Gasteiger partial charge in [0.25, 0.3) is 5.91 Å². The van der Waals surface area contributed by atoms with E-state index in [1.54, 1.807) is 23.5 Å². The predicted molar refractivity (Wildman–Crippen MR) is 114 cm³/mol. The second kappa shape index (κ2) is 8.49. The lowest BCUT2D eigenvalue weighted by Gasteiger charge is -2.24. The van der Waals surface area contributed by atoms with Crippen molar-refractivity contribution >= 4 is 27.3 Å². The fraction of sp³-hybridized carbons (Fsp3) is 0.227. The van der Waals surface area contributed by atoms with Gasteiger partial charge in [-0.2, -0.15) is 0 Å². The molecule has 3 aromatic rings. The summed E-state index contributed by atoms with van der Waals surface area (Å²) in [7, 11) is -3.71. The SMILES string of the molecule is O=C(c1cccc(S(=O)(=O)NCc2ccccc2)c1)N1CCCC1c1cccs1. The maximum atomic E-state index is 13.1. The molecule has 1 fully saturated rings. The third-order valence-corrected chi connectivity index (χ3v) is 7.46. The van der Waals surface area contributed by atoms with Gasteiger partial charge in [-0.3, -0.25) is 4.79 Å². The Labute approximate surface area is 175 Å². The summed E-state index contributed by atoms with van der Waals surface area (Å²) in [5.74, 6) is -0.124. The number of amides is 1. The van der Waals surface area contributed by atoms with Crippen molar-refractivity contribution in [1.29, 1.82) is 0 Å². The second-order valence-corrected chi connectivity index (χ2v) is 9.76. The molecule has 0 radical (unpaired) electrons. The summed E-state index contributed by atoms with van der Waals surface area (Å²) in [5.41, 5.74) is 1.27. The maximum Gasteiger partial charge on any atom is 0.254 e.